The molecule has 0 aliphatic carbocycles. The van der Waals surface area contributed by atoms with E-state index in [9.17, 15) is 9.90 Å². The maximum Gasteiger partial charge on any atom is 0.223 e. The first-order valence-corrected chi connectivity index (χ1v) is 8.47. The summed E-state index contributed by atoms with van der Waals surface area (Å²) < 4.78 is 0. The summed E-state index contributed by atoms with van der Waals surface area (Å²) in [6.45, 7) is 7.79. The van der Waals surface area contributed by atoms with E-state index < -0.39 is 6.10 Å². The number of hydrogen-bond donors (Lipinski definition) is 2. The van der Waals surface area contributed by atoms with Crippen LogP contribution in [-0.2, 0) is 4.79 Å². The van der Waals surface area contributed by atoms with Crippen molar-refractivity contribution >= 4 is 23.3 Å². The minimum Gasteiger partial charge on any atom is -0.391 e. The standard InChI is InChI=1S/C17H26ClN3O2/c1-17(2,3)14(22)11-20-16(23)12-6-8-21(9-7-12)15-5-4-13(18)10-19-15/h4-5,10,12,14,22H,6-9,11H2,1-3H3,(H,20,23). The van der Waals surface area contributed by atoms with Crippen LogP contribution in [0.15, 0.2) is 18.3 Å². The van der Waals surface area contributed by atoms with E-state index in [0.717, 1.165) is 31.7 Å². The number of aliphatic hydroxyl groups excluding tert-OH is 1. The monoisotopic (exact) mass is 339 g/mol. The fourth-order valence-electron chi connectivity index (χ4n) is 2.57. The van der Waals surface area contributed by atoms with Crippen LogP contribution in [0.4, 0.5) is 5.82 Å². The molecule has 1 aliphatic rings. The lowest BCUT2D eigenvalue weighted by molar-refractivity contribution is -0.126. The molecule has 1 aliphatic heterocycles. The van der Waals surface area contributed by atoms with Crippen LogP contribution in [0, 0.1) is 11.3 Å². The molecular formula is C17H26ClN3O2. The fraction of sp³-hybridized carbons (Fsp3) is 0.647. The lowest BCUT2D eigenvalue weighted by Gasteiger charge is -2.33. The van der Waals surface area contributed by atoms with E-state index in [1.807, 2.05) is 32.9 Å². The van der Waals surface area contributed by atoms with Gasteiger partial charge in [0.2, 0.25) is 5.91 Å². The molecule has 0 radical (unpaired) electrons. The van der Waals surface area contributed by atoms with E-state index in [1.165, 1.54) is 0 Å². The van der Waals surface area contributed by atoms with Crippen LogP contribution < -0.4 is 10.2 Å². The molecule has 1 unspecified atom stereocenters. The Balaban J connectivity index is 1.79. The minimum absolute atomic E-state index is 0.00529. The molecule has 1 amide bonds. The fourth-order valence-corrected chi connectivity index (χ4v) is 2.69. The van der Waals surface area contributed by atoms with E-state index in [-0.39, 0.29) is 17.2 Å². The molecule has 2 N–H and O–H groups in total. The maximum atomic E-state index is 12.2. The van der Waals surface area contributed by atoms with Crippen LogP contribution in [0.25, 0.3) is 0 Å². The van der Waals surface area contributed by atoms with E-state index in [0.29, 0.717) is 11.6 Å². The lowest BCUT2D eigenvalue weighted by Crippen LogP contribution is -2.44. The molecule has 6 heteroatoms. The van der Waals surface area contributed by atoms with Gasteiger partial charge in [-0.25, -0.2) is 4.98 Å². The molecule has 2 rings (SSSR count). The smallest absolute Gasteiger partial charge is 0.223 e. The average molecular weight is 340 g/mol. The number of nitrogens with one attached hydrogen (secondary N) is 1. The number of amides is 1. The zero-order chi connectivity index (χ0) is 17.0. The van der Waals surface area contributed by atoms with Crippen LogP contribution in [0.3, 0.4) is 0 Å². The summed E-state index contributed by atoms with van der Waals surface area (Å²) in [7, 11) is 0. The minimum atomic E-state index is -0.537. The van der Waals surface area contributed by atoms with Gasteiger partial charge in [0.05, 0.1) is 11.1 Å². The first-order chi connectivity index (χ1) is 10.8. The Morgan fingerprint density at radius 1 is 1.43 bits per heavy atom. The van der Waals surface area contributed by atoms with Crippen molar-refractivity contribution < 1.29 is 9.90 Å². The number of carbonyl (C=O) groups is 1. The van der Waals surface area contributed by atoms with Gasteiger partial charge < -0.3 is 15.3 Å². The quantitative estimate of drug-likeness (QED) is 0.884. The van der Waals surface area contributed by atoms with Crippen molar-refractivity contribution in [3.05, 3.63) is 23.4 Å². The first-order valence-electron chi connectivity index (χ1n) is 8.09. The molecule has 1 aromatic heterocycles. The predicted molar refractivity (Wildman–Crippen MR) is 92.7 cm³/mol. The summed E-state index contributed by atoms with van der Waals surface area (Å²) in [5.74, 6) is 0.944. The topological polar surface area (TPSA) is 65.5 Å². The van der Waals surface area contributed by atoms with Crippen LogP contribution in [0.1, 0.15) is 33.6 Å². The van der Waals surface area contributed by atoms with E-state index in [1.54, 1.807) is 6.20 Å². The van der Waals surface area contributed by atoms with E-state index in [4.69, 9.17) is 11.6 Å². The number of nitrogens with zero attached hydrogens (tertiary/aromatic N) is 2. The molecule has 5 nitrogen and oxygen atoms in total. The molecule has 0 spiro atoms. The number of halogens is 1. The highest BCUT2D eigenvalue weighted by Gasteiger charge is 2.27. The molecule has 128 valence electrons. The summed E-state index contributed by atoms with van der Waals surface area (Å²) in [6.07, 6.45) is 2.69. The third-order valence-corrected chi connectivity index (χ3v) is 4.59. The van der Waals surface area contributed by atoms with Crippen molar-refractivity contribution in [3.8, 4) is 0 Å². The molecule has 23 heavy (non-hydrogen) atoms. The highest BCUT2D eigenvalue weighted by atomic mass is 35.5. The van der Waals surface area contributed by atoms with Gasteiger partial charge in [-0.05, 0) is 30.4 Å². The number of piperidine rings is 1. The van der Waals surface area contributed by atoms with Gasteiger partial charge in [0.15, 0.2) is 0 Å². The number of carbonyl (C=O) groups excluding carboxylic acids is 1. The maximum absolute atomic E-state index is 12.2. The zero-order valence-electron chi connectivity index (χ0n) is 14.1. The van der Waals surface area contributed by atoms with Crippen molar-refractivity contribution in [2.24, 2.45) is 11.3 Å². The van der Waals surface area contributed by atoms with Gasteiger partial charge in [-0.15, -0.1) is 0 Å². The van der Waals surface area contributed by atoms with Crippen LogP contribution in [-0.4, -0.2) is 41.7 Å². The van der Waals surface area contributed by atoms with Crippen molar-refractivity contribution in [2.75, 3.05) is 24.5 Å². The lowest BCUT2D eigenvalue weighted by atomic mass is 9.89. The number of hydrogen-bond acceptors (Lipinski definition) is 4. The van der Waals surface area contributed by atoms with Gasteiger partial charge in [0.1, 0.15) is 5.82 Å². The van der Waals surface area contributed by atoms with Gasteiger partial charge in [-0.2, -0.15) is 0 Å². The van der Waals surface area contributed by atoms with Gasteiger partial charge in [0, 0.05) is 31.7 Å². The van der Waals surface area contributed by atoms with Crippen molar-refractivity contribution in [2.45, 2.75) is 39.7 Å². The number of rotatable bonds is 4. The summed E-state index contributed by atoms with van der Waals surface area (Å²) in [4.78, 5) is 18.7. The van der Waals surface area contributed by atoms with Crippen molar-refractivity contribution in [3.63, 3.8) is 0 Å². The summed E-state index contributed by atoms with van der Waals surface area (Å²) in [5.41, 5.74) is -0.225. The van der Waals surface area contributed by atoms with Crippen LogP contribution in [0.5, 0.6) is 0 Å². The van der Waals surface area contributed by atoms with Gasteiger partial charge in [-0.3, -0.25) is 4.79 Å². The molecular weight excluding hydrogens is 314 g/mol. The number of pyridine rings is 1. The summed E-state index contributed by atoms with van der Waals surface area (Å²) >= 11 is 5.85. The van der Waals surface area contributed by atoms with Gasteiger partial charge >= 0.3 is 0 Å². The second kappa shape index (κ2) is 7.49. The second-order valence-corrected chi connectivity index (χ2v) is 7.66. The third-order valence-electron chi connectivity index (χ3n) is 4.37. The first kappa shape index (κ1) is 18.0. The van der Waals surface area contributed by atoms with E-state index in [2.05, 4.69) is 15.2 Å². The summed E-state index contributed by atoms with van der Waals surface area (Å²) in [5, 5.41) is 13.5. The Labute approximate surface area is 143 Å². The Kier molecular flexibility index (Phi) is 5.87. The van der Waals surface area contributed by atoms with Crippen molar-refractivity contribution in [1.82, 2.24) is 10.3 Å². The molecule has 0 saturated carbocycles. The Bertz CT molecular complexity index is 520. The molecule has 1 saturated heterocycles. The molecule has 0 bridgehead atoms. The van der Waals surface area contributed by atoms with Gasteiger partial charge in [-0.1, -0.05) is 32.4 Å². The molecule has 2 heterocycles. The number of anilines is 1. The van der Waals surface area contributed by atoms with Crippen LogP contribution in [0.2, 0.25) is 5.02 Å². The van der Waals surface area contributed by atoms with E-state index >= 15 is 0 Å². The normalized spacial score (nSPS) is 17.9. The Morgan fingerprint density at radius 3 is 2.61 bits per heavy atom. The zero-order valence-corrected chi connectivity index (χ0v) is 14.8. The SMILES string of the molecule is CC(C)(C)C(O)CNC(=O)C1CCN(c2ccc(Cl)cn2)CC1. The highest BCUT2D eigenvalue weighted by molar-refractivity contribution is 6.30. The number of aliphatic hydroxyl groups is 1. The van der Waals surface area contributed by atoms with Crippen molar-refractivity contribution in [1.29, 1.82) is 0 Å². The summed E-state index contributed by atoms with van der Waals surface area (Å²) in [6, 6.07) is 3.74. The van der Waals surface area contributed by atoms with Gasteiger partial charge in [0.25, 0.3) is 0 Å². The predicted octanol–water partition coefficient (Wildman–Crippen LogP) is 2.47. The third kappa shape index (κ3) is 5.08. The molecule has 1 aromatic rings. The largest absolute Gasteiger partial charge is 0.391 e. The number of aromatic nitrogens is 1. The molecule has 1 atom stereocenters. The average Bonchev–Trinajstić information content (AvgIpc) is 2.52. The Hall–Kier alpha value is -1.33. The highest BCUT2D eigenvalue weighted by Crippen LogP contribution is 2.23. The van der Waals surface area contributed by atoms with Crippen LogP contribution >= 0.6 is 11.6 Å². The molecule has 0 aromatic carbocycles. The Morgan fingerprint density at radius 2 is 2.09 bits per heavy atom. The molecule has 1 fully saturated rings. The second-order valence-electron chi connectivity index (χ2n) is 7.22.